The predicted molar refractivity (Wildman–Crippen MR) is 72.6 cm³/mol. The van der Waals surface area contributed by atoms with Gasteiger partial charge in [-0.25, -0.2) is 13.1 Å². The van der Waals surface area contributed by atoms with Crippen LogP contribution in [0.15, 0.2) is 0 Å². The Morgan fingerprint density at radius 2 is 1.95 bits per heavy atom. The van der Waals surface area contributed by atoms with Gasteiger partial charge in [-0.05, 0) is 19.3 Å². The molecule has 1 aliphatic carbocycles. The molecule has 7 heteroatoms. The van der Waals surface area contributed by atoms with Gasteiger partial charge in [0.05, 0.1) is 25.6 Å². The third-order valence-corrected chi connectivity index (χ3v) is 4.72. The molecule has 0 bridgehead atoms. The summed E-state index contributed by atoms with van der Waals surface area (Å²) < 4.78 is 36.4. The lowest BCUT2D eigenvalue weighted by Crippen LogP contribution is -2.54. The summed E-state index contributed by atoms with van der Waals surface area (Å²) in [4.78, 5) is 2.41. The van der Waals surface area contributed by atoms with E-state index < -0.39 is 10.0 Å². The Morgan fingerprint density at radius 3 is 2.53 bits per heavy atom. The summed E-state index contributed by atoms with van der Waals surface area (Å²) in [6.45, 7) is 3.42. The molecule has 112 valence electrons. The van der Waals surface area contributed by atoms with E-state index in [1.807, 2.05) is 0 Å². The number of morpholine rings is 1. The van der Waals surface area contributed by atoms with E-state index in [-0.39, 0.29) is 12.1 Å². The molecule has 0 amide bonds. The second-order valence-electron chi connectivity index (χ2n) is 5.39. The van der Waals surface area contributed by atoms with Gasteiger partial charge in [-0.2, -0.15) is 0 Å². The highest BCUT2D eigenvalue weighted by molar-refractivity contribution is 7.88. The lowest BCUT2D eigenvalue weighted by Gasteiger charge is -2.42. The van der Waals surface area contributed by atoms with Crippen LogP contribution in [0.25, 0.3) is 0 Å². The van der Waals surface area contributed by atoms with Gasteiger partial charge in [0.25, 0.3) is 0 Å². The summed E-state index contributed by atoms with van der Waals surface area (Å²) in [5.74, 6) is 0. The van der Waals surface area contributed by atoms with E-state index >= 15 is 0 Å². The normalized spacial score (nSPS) is 34.3. The quantitative estimate of drug-likeness (QED) is 0.777. The van der Waals surface area contributed by atoms with Gasteiger partial charge in [0.15, 0.2) is 0 Å². The van der Waals surface area contributed by atoms with Crippen molar-refractivity contribution >= 4 is 10.0 Å². The molecule has 1 N–H and O–H groups in total. The zero-order valence-corrected chi connectivity index (χ0v) is 12.5. The third-order valence-electron chi connectivity index (χ3n) is 3.99. The number of nitrogens with one attached hydrogen (secondary N) is 1. The average Bonchev–Trinajstić information content (AvgIpc) is 2.38. The smallest absolute Gasteiger partial charge is 0.209 e. The summed E-state index contributed by atoms with van der Waals surface area (Å²) >= 11 is 0. The number of hydrogen-bond acceptors (Lipinski definition) is 5. The molecule has 3 unspecified atom stereocenters. The van der Waals surface area contributed by atoms with Gasteiger partial charge in [-0.3, -0.25) is 4.90 Å². The van der Waals surface area contributed by atoms with E-state index in [4.69, 9.17) is 9.47 Å². The highest BCUT2D eigenvalue weighted by atomic mass is 32.2. The Labute approximate surface area is 115 Å². The Hall–Kier alpha value is -0.210. The maximum atomic E-state index is 11.4. The molecule has 0 aromatic carbocycles. The first-order valence-electron chi connectivity index (χ1n) is 6.81. The molecule has 1 saturated heterocycles. The predicted octanol–water partition coefficient (Wildman–Crippen LogP) is -0.196. The average molecular weight is 292 g/mol. The highest BCUT2D eigenvalue weighted by Gasteiger charge is 2.35. The number of rotatable bonds is 4. The van der Waals surface area contributed by atoms with Crippen LogP contribution in [0.2, 0.25) is 0 Å². The number of ether oxygens (including phenoxy) is 2. The van der Waals surface area contributed by atoms with Crippen LogP contribution in [-0.4, -0.2) is 71.2 Å². The van der Waals surface area contributed by atoms with Crippen molar-refractivity contribution < 1.29 is 17.9 Å². The first-order chi connectivity index (χ1) is 8.99. The van der Waals surface area contributed by atoms with Gasteiger partial charge in [0.1, 0.15) is 0 Å². The Morgan fingerprint density at radius 1 is 1.26 bits per heavy atom. The summed E-state index contributed by atoms with van der Waals surface area (Å²) in [7, 11) is -1.54. The molecule has 19 heavy (non-hydrogen) atoms. The van der Waals surface area contributed by atoms with Gasteiger partial charge in [-0.1, -0.05) is 0 Å². The Kier molecular flexibility index (Phi) is 5.19. The topological polar surface area (TPSA) is 67.9 Å². The van der Waals surface area contributed by atoms with Crippen LogP contribution in [0.5, 0.6) is 0 Å². The van der Waals surface area contributed by atoms with Crippen LogP contribution < -0.4 is 4.72 Å². The van der Waals surface area contributed by atoms with Crippen LogP contribution in [0.3, 0.4) is 0 Å². The Bertz CT molecular complexity index is 381. The molecule has 3 atom stereocenters. The van der Waals surface area contributed by atoms with Crippen LogP contribution >= 0.6 is 0 Å². The molecule has 0 aromatic rings. The van der Waals surface area contributed by atoms with E-state index in [0.717, 1.165) is 45.6 Å². The Balaban J connectivity index is 1.98. The van der Waals surface area contributed by atoms with Crippen molar-refractivity contribution in [3.8, 4) is 0 Å². The van der Waals surface area contributed by atoms with Gasteiger partial charge in [0.2, 0.25) is 10.0 Å². The molecule has 2 fully saturated rings. The minimum atomic E-state index is -3.19. The van der Waals surface area contributed by atoms with Crippen molar-refractivity contribution in [1.29, 1.82) is 0 Å². The molecule has 2 rings (SSSR count). The van der Waals surface area contributed by atoms with Crippen molar-refractivity contribution in [2.24, 2.45) is 0 Å². The largest absolute Gasteiger partial charge is 0.380 e. The molecule has 1 aliphatic heterocycles. The maximum Gasteiger partial charge on any atom is 0.209 e. The van der Waals surface area contributed by atoms with Gasteiger partial charge >= 0.3 is 0 Å². The summed E-state index contributed by atoms with van der Waals surface area (Å²) in [6, 6.07) is 0.302. The number of sulfonamides is 1. The maximum absolute atomic E-state index is 11.4. The summed E-state index contributed by atoms with van der Waals surface area (Å²) in [6.07, 6.45) is 3.95. The van der Waals surface area contributed by atoms with Crippen LogP contribution in [0, 0.1) is 0 Å². The molecule has 1 heterocycles. The number of nitrogens with zero attached hydrogens (tertiary/aromatic N) is 1. The molecule has 0 radical (unpaired) electrons. The lowest BCUT2D eigenvalue weighted by molar-refractivity contribution is -0.0201. The molecule has 0 aromatic heterocycles. The molecule has 6 nitrogen and oxygen atoms in total. The van der Waals surface area contributed by atoms with Gasteiger partial charge in [0, 0.05) is 32.3 Å². The van der Waals surface area contributed by atoms with E-state index in [9.17, 15) is 8.42 Å². The molecular formula is C12H24N2O4S. The lowest BCUT2D eigenvalue weighted by atomic mass is 9.88. The van der Waals surface area contributed by atoms with Crippen molar-refractivity contribution in [1.82, 2.24) is 9.62 Å². The van der Waals surface area contributed by atoms with Crippen molar-refractivity contribution in [2.75, 3.05) is 39.7 Å². The minimum absolute atomic E-state index is 0.0213. The first kappa shape index (κ1) is 15.2. The van der Waals surface area contributed by atoms with Crippen LogP contribution in [0.1, 0.15) is 19.3 Å². The van der Waals surface area contributed by atoms with E-state index in [1.54, 1.807) is 7.11 Å². The van der Waals surface area contributed by atoms with E-state index in [2.05, 4.69) is 9.62 Å². The SMILES string of the molecule is COC1CCC(N2CCOCC2)CC1NS(C)(=O)=O. The fourth-order valence-corrected chi connectivity index (χ4v) is 3.87. The van der Waals surface area contributed by atoms with Crippen molar-refractivity contribution in [3.63, 3.8) is 0 Å². The van der Waals surface area contributed by atoms with Crippen molar-refractivity contribution in [3.05, 3.63) is 0 Å². The monoisotopic (exact) mass is 292 g/mol. The standard InChI is InChI=1S/C12H24N2O4S/c1-17-12-4-3-10(14-5-7-18-8-6-14)9-11(12)13-19(2,15)16/h10-13H,3-9H2,1-2H3. The van der Waals surface area contributed by atoms with Gasteiger partial charge in [-0.15, -0.1) is 0 Å². The zero-order valence-electron chi connectivity index (χ0n) is 11.7. The molecule has 0 spiro atoms. The second kappa shape index (κ2) is 6.49. The van der Waals surface area contributed by atoms with Crippen LogP contribution in [-0.2, 0) is 19.5 Å². The van der Waals surface area contributed by atoms with E-state index in [1.165, 1.54) is 6.26 Å². The fraction of sp³-hybridized carbons (Fsp3) is 1.00. The number of hydrogen-bond donors (Lipinski definition) is 1. The zero-order chi connectivity index (χ0) is 13.9. The molecule has 2 aliphatic rings. The third kappa shape index (κ3) is 4.39. The number of methoxy groups -OCH3 is 1. The minimum Gasteiger partial charge on any atom is -0.380 e. The summed E-state index contributed by atoms with van der Waals surface area (Å²) in [5, 5.41) is 0. The van der Waals surface area contributed by atoms with E-state index in [0.29, 0.717) is 6.04 Å². The fourth-order valence-electron chi connectivity index (χ4n) is 3.08. The molecule has 1 saturated carbocycles. The highest BCUT2D eigenvalue weighted by Crippen LogP contribution is 2.26. The van der Waals surface area contributed by atoms with Crippen LogP contribution in [0.4, 0.5) is 0 Å². The molecular weight excluding hydrogens is 268 g/mol. The second-order valence-corrected chi connectivity index (χ2v) is 7.17. The first-order valence-corrected chi connectivity index (χ1v) is 8.70. The van der Waals surface area contributed by atoms with Gasteiger partial charge < -0.3 is 9.47 Å². The van der Waals surface area contributed by atoms with Crippen molar-refractivity contribution in [2.45, 2.75) is 37.5 Å². The summed E-state index contributed by atoms with van der Waals surface area (Å²) in [5.41, 5.74) is 0.